The number of nitrogens with zero attached hydrogens (tertiary/aromatic N) is 2. The molecule has 0 unspecified atom stereocenters. The molecule has 1 aromatic heterocycles. The van der Waals surface area contributed by atoms with Crippen molar-refractivity contribution < 1.29 is 17.6 Å². The summed E-state index contributed by atoms with van der Waals surface area (Å²) in [5.74, 6) is -0.162. The molecule has 0 bridgehead atoms. The Labute approximate surface area is 203 Å². The summed E-state index contributed by atoms with van der Waals surface area (Å²) in [5.41, 5.74) is 5.07. The van der Waals surface area contributed by atoms with E-state index in [4.69, 9.17) is 27.6 Å². The fourth-order valence-electron chi connectivity index (χ4n) is 3.50. The van der Waals surface area contributed by atoms with Crippen LogP contribution in [0.2, 0.25) is 10.0 Å². The molecule has 174 valence electrons. The molecule has 0 radical (unpaired) electrons. The van der Waals surface area contributed by atoms with Crippen molar-refractivity contribution in [1.82, 2.24) is 9.73 Å². The molecule has 7 nitrogen and oxygen atoms in total. The number of carbonyl (C=O) groups excluding carboxylic acids is 1. The summed E-state index contributed by atoms with van der Waals surface area (Å²) in [5, 5.41) is 4.47. The van der Waals surface area contributed by atoms with Crippen molar-refractivity contribution in [2.24, 2.45) is 5.10 Å². The van der Waals surface area contributed by atoms with Crippen LogP contribution in [0.15, 0.2) is 63.1 Å². The second kappa shape index (κ2) is 10.5. The van der Waals surface area contributed by atoms with Crippen molar-refractivity contribution in [3.63, 3.8) is 0 Å². The zero-order chi connectivity index (χ0) is 24.2. The van der Waals surface area contributed by atoms with Gasteiger partial charge in [0.1, 0.15) is 5.76 Å². The van der Waals surface area contributed by atoms with Gasteiger partial charge in [-0.15, -0.1) is 0 Å². The van der Waals surface area contributed by atoms with E-state index in [0.717, 1.165) is 9.87 Å². The standard InChI is InChI=1S/C23H23Cl2N3O4S/c1-15-9-16(2)23(17(3)10-15)33(30,31)28(13-18-6-7-20(24)21(25)11-18)14-22(29)27-26-12-19-5-4-8-32-19/h4-12H,13-14H2,1-3H3,(H,27,29)/b26-12+. The molecule has 0 atom stereocenters. The van der Waals surface area contributed by atoms with Crippen LogP contribution >= 0.6 is 23.2 Å². The summed E-state index contributed by atoms with van der Waals surface area (Å²) in [6.45, 7) is 4.83. The van der Waals surface area contributed by atoms with Gasteiger partial charge in [0.15, 0.2) is 0 Å². The van der Waals surface area contributed by atoms with E-state index < -0.39 is 22.5 Å². The molecular formula is C23H23Cl2N3O4S. The Balaban J connectivity index is 1.92. The molecule has 1 heterocycles. The van der Waals surface area contributed by atoms with Crippen molar-refractivity contribution in [2.45, 2.75) is 32.2 Å². The average molecular weight is 508 g/mol. The van der Waals surface area contributed by atoms with Gasteiger partial charge in [-0.2, -0.15) is 9.41 Å². The summed E-state index contributed by atoms with van der Waals surface area (Å²) in [6.07, 6.45) is 2.80. The number of amides is 1. The maximum absolute atomic E-state index is 13.7. The largest absolute Gasteiger partial charge is 0.463 e. The number of benzene rings is 2. The Morgan fingerprint density at radius 1 is 1.09 bits per heavy atom. The highest BCUT2D eigenvalue weighted by Crippen LogP contribution is 2.28. The van der Waals surface area contributed by atoms with Gasteiger partial charge in [-0.3, -0.25) is 4.79 Å². The van der Waals surface area contributed by atoms with Crippen molar-refractivity contribution >= 4 is 45.3 Å². The molecule has 0 fully saturated rings. The van der Waals surface area contributed by atoms with Crippen LogP contribution in [0.3, 0.4) is 0 Å². The summed E-state index contributed by atoms with van der Waals surface area (Å²) >= 11 is 12.1. The van der Waals surface area contributed by atoms with Crippen molar-refractivity contribution in [3.05, 3.63) is 86.8 Å². The van der Waals surface area contributed by atoms with E-state index in [1.165, 1.54) is 12.5 Å². The van der Waals surface area contributed by atoms with E-state index >= 15 is 0 Å². The van der Waals surface area contributed by atoms with Gasteiger partial charge in [0.2, 0.25) is 10.0 Å². The van der Waals surface area contributed by atoms with E-state index in [1.807, 2.05) is 6.92 Å². The first kappa shape index (κ1) is 25.0. The number of aryl methyl sites for hydroxylation is 3. The molecule has 0 aliphatic heterocycles. The lowest BCUT2D eigenvalue weighted by Crippen LogP contribution is -2.39. The number of hydrazone groups is 1. The number of halogens is 2. The Bertz CT molecular complexity index is 1270. The molecule has 3 aromatic rings. The lowest BCUT2D eigenvalue weighted by molar-refractivity contribution is -0.121. The molecule has 1 amide bonds. The molecule has 2 aromatic carbocycles. The number of carbonyl (C=O) groups is 1. The minimum atomic E-state index is -4.04. The number of rotatable bonds is 8. The third-order valence-electron chi connectivity index (χ3n) is 4.79. The fourth-order valence-corrected chi connectivity index (χ4v) is 5.62. The van der Waals surface area contributed by atoms with Crippen LogP contribution in [-0.4, -0.2) is 31.4 Å². The second-order valence-corrected chi connectivity index (χ2v) is 10.2. The molecule has 0 spiro atoms. The minimum Gasteiger partial charge on any atom is -0.463 e. The summed E-state index contributed by atoms with van der Waals surface area (Å²) in [4.78, 5) is 12.8. The van der Waals surface area contributed by atoms with Gasteiger partial charge < -0.3 is 4.42 Å². The zero-order valence-corrected chi connectivity index (χ0v) is 20.6. The highest BCUT2D eigenvalue weighted by atomic mass is 35.5. The van der Waals surface area contributed by atoms with Gasteiger partial charge in [0.05, 0.1) is 34.0 Å². The molecule has 33 heavy (non-hydrogen) atoms. The van der Waals surface area contributed by atoms with Crippen LogP contribution in [0.5, 0.6) is 0 Å². The molecule has 0 aliphatic carbocycles. The number of hydrogen-bond acceptors (Lipinski definition) is 5. The lowest BCUT2D eigenvalue weighted by Gasteiger charge is -2.24. The predicted octanol–water partition coefficient (Wildman–Crippen LogP) is 4.85. The number of hydrogen-bond donors (Lipinski definition) is 1. The van der Waals surface area contributed by atoms with Crippen LogP contribution in [0.1, 0.15) is 28.0 Å². The Kier molecular flexibility index (Phi) is 7.97. The van der Waals surface area contributed by atoms with Crippen LogP contribution in [0.25, 0.3) is 0 Å². The number of nitrogens with one attached hydrogen (secondary N) is 1. The van der Waals surface area contributed by atoms with Gasteiger partial charge in [-0.1, -0.05) is 47.0 Å². The molecule has 0 saturated heterocycles. The van der Waals surface area contributed by atoms with Crippen LogP contribution in [-0.2, 0) is 21.4 Å². The van der Waals surface area contributed by atoms with Crippen molar-refractivity contribution in [1.29, 1.82) is 0 Å². The van der Waals surface area contributed by atoms with Crippen molar-refractivity contribution in [3.8, 4) is 0 Å². The van der Waals surface area contributed by atoms with Crippen LogP contribution in [0, 0.1) is 20.8 Å². The van der Waals surface area contributed by atoms with E-state index in [0.29, 0.717) is 32.5 Å². The average Bonchev–Trinajstić information content (AvgIpc) is 3.22. The van der Waals surface area contributed by atoms with Crippen LogP contribution in [0.4, 0.5) is 0 Å². The topological polar surface area (TPSA) is 92.0 Å². The first-order valence-electron chi connectivity index (χ1n) is 9.95. The first-order valence-corrected chi connectivity index (χ1v) is 12.1. The molecule has 0 aliphatic rings. The van der Waals surface area contributed by atoms with E-state index in [1.54, 1.807) is 56.3 Å². The second-order valence-electron chi connectivity index (χ2n) is 7.56. The smallest absolute Gasteiger partial charge is 0.255 e. The molecule has 1 N–H and O–H groups in total. The zero-order valence-electron chi connectivity index (χ0n) is 18.3. The van der Waals surface area contributed by atoms with Gasteiger partial charge >= 0.3 is 0 Å². The summed E-state index contributed by atoms with van der Waals surface area (Å²) in [7, 11) is -4.04. The van der Waals surface area contributed by atoms with Crippen LogP contribution < -0.4 is 5.43 Å². The molecule has 0 saturated carbocycles. The SMILES string of the molecule is Cc1cc(C)c(S(=O)(=O)N(CC(=O)N/N=C/c2ccco2)Cc2ccc(Cl)c(Cl)c2)c(C)c1. The minimum absolute atomic E-state index is 0.0820. The molecule has 10 heteroatoms. The first-order chi connectivity index (χ1) is 15.6. The fraction of sp³-hybridized carbons (Fsp3) is 0.217. The lowest BCUT2D eigenvalue weighted by atomic mass is 10.1. The predicted molar refractivity (Wildman–Crippen MR) is 129 cm³/mol. The van der Waals surface area contributed by atoms with E-state index in [-0.39, 0.29) is 11.4 Å². The monoisotopic (exact) mass is 507 g/mol. The summed E-state index contributed by atoms with van der Waals surface area (Å²) in [6, 6.07) is 11.8. The van der Waals surface area contributed by atoms with Gasteiger partial charge in [0.25, 0.3) is 5.91 Å². The highest BCUT2D eigenvalue weighted by molar-refractivity contribution is 7.89. The highest BCUT2D eigenvalue weighted by Gasteiger charge is 2.30. The number of furan rings is 1. The molecule has 3 rings (SSSR count). The number of sulfonamides is 1. The van der Waals surface area contributed by atoms with E-state index in [2.05, 4.69) is 10.5 Å². The van der Waals surface area contributed by atoms with Gasteiger partial charge in [0, 0.05) is 6.54 Å². The van der Waals surface area contributed by atoms with Gasteiger partial charge in [-0.05, 0) is 61.7 Å². The quantitative estimate of drug-likeness (QED) is 0.348. The third-order valence-corrected chi connectivity index (χ3v) is 7.63. The van der Waals surface area contributed by atoms with Crippen molar-refractivity contribution in [2.75, 3.05) is 6.54 Å². The van der Waals surface area contributed by atoms with Gasteiger partial charge in [-0.25, -0.2) is 13.8 Å². The Morgan fingerprint density at radius 3 is 2.39 bits per heavy atom. The normalized spacial score (nSPS) is 11.9. The Morgan fingerprint density at radius 2 is 1.79 bits per heavy atom. The Hall–Kier alpha value is -2.65. The third kappa shape index (κ3) is 6.23. The summed E-state index contributed by atoms with van der Waals surface area (Å²) < 4.78 is 33.5. The maximum Gasteiger partial charge on any atom is 0.255 e. The van der Waals surface area contributed by atoms with E-state index in [9.17, 15) is 13.2 Å². The maximum atomic E-state index is 13.7. The molecular weight excluding hydrogens is 485 g/mol.